The van der Waals surface area contributed by atoms with Crippen molar-refractivity contribution in [3.63, 3.8) is 0 Å². The van der Waals surface area contributed by atoms with Gasteiger partial charge in [0, 0.05) is 13.2 Å². The van der Waals surface area contributed by atoms with E-state index in [1.807, 2.05) is 13.8 Å². The highest BCUT2D eigenvalue weighted by molar-refractivity contribution is 5.88. The summed E-state index contributed by atoms with van der Waals surface area (Å²) in [7, 11) is 1.45. The van der Waals surface area contributed by atoms with Crippen molar-refractivity contribution >= 4 is 11.8 Å². The minimum Gasteiger partial charge on any atom is -0.375 e. The summed E-state index contributed by atoms with van der Waals surface area (Å²) in [5, 5.41) is 5.75. The Hall–Kier alpha value is -1.14. The molecule has 0 aromatic carbocycles. The molecule has 1 aliphatic rings. The average Bonchev–Trinajstić information content (AvgIpc) is 2.83. The SMILES string of the molecule is COCC(=O)N[C@H](C(=O)NC1CCCC1CN)C(C)C. The van der Waals surface area contributed by atoms with Gasteiger partial charge in [-0.1, -0.05) is 20.3 Å². The van der Waals surface area contributed by atoms with Gasteiger partial charge >= 0.3 is 0 Å². The lowest BCUT2D eigenvalue weighted by Crippen LogP contribution is -2.53. The number of ether oxygens (including phenoxy) is 1. The number of methoxy groups -OCH3 is 1. The Morgan fingerprint density at radius 2 is 2.05 bits per heavy atom. The van der Waals surface area contributed by atoms with Gasteiger partial charge in [-0.05, 0) is 31.2 Å². The largest absolute Gasteiger partial charge is 0.375 e. The second-order valence-electron chi connectivity index (χ2n) is 5.76. The minimum absolute atomic E-state index is 0.0218. The van der Waals surface area contributed by atoms with Gasteiger partial charge in [-0.25, -0.2) is 0 Å². The first-order valence-electron chi connectivity index (χ1n) is 7.28. The van der Waals surface area contributed by atoms with E-state index in [1.54, 1.807) is 0 Å². The monoisotopic (exact) mass is 285 g/mol. The molecule has 0 heterocycles. The van der Waals surface area contributed by atoms with Crippen LogP contribution in [0.4, 0.5) is 0 Å². The predicted octanol–water partition coefficient (Wildman–Crippen LogP) is 0.0172. The zero-order valence-electron chi connectivity index (χ0n) is 12.6. The first-order chi connectivity index (χ1) is 9.49. The summed E-state index contributed by atoms with van der Waals surface area (Å²) < 4.78 is 4.77. The van der Waals surface area contributed by atoms with Crippen LogP contribution in [0.5, 0.6) is 0 Å². The Bertz CT molecular complexity index is 334. The number of amides is 2. The normalized spacial score (nSPS) is 23.6. The van der Waals surface area contributed by atoms with Crippen molar-refractivity contribution in [2.24, 2.45) is 17.6 Å². The van der Waals surface area contributed by atoms with Gasteiger partial charge in [0.1, 0.15) is 12.6 Å². The molecule has 1 saturated carbocycles. The Morgan fingerprint density at radius 3 is 2.60 bits per heavy atom. The standard InChI is InChI=1S/C14H27N3O3/c1-9(2)13(17-12(18)8-20-3)14(19)16-11-6-4-5-10(11)7-15/h9-11,13H,4-8,15H2,1-3H3,(H,16,19)(H,17,18)/t10?,11?,13-/m0/s1. The molecule has 0 bridgehead atoms. The maximum Gasteiger partial charge on any atom is 0.246 e. The van der Waals surface area contributed by atoms with Crippen LogP contribution in [0.15, 0.2) is 0 Å². The summed E-state index contributed by atoms with van der Waals surface area (Å²) in [4.78, 5) is 23.9. The first-order valence-corrected chi connectivity index (χ1v) is 7.28. The van der Waals surface area contributed by atoms with Crippen LogP contribution in [-0.4, -0.2) is 44.2 Å². The van der Waals surface area contributed by atoms with Gasteiger partial charge in [0.2, 0.25) is 11.8 Å². The molecule has 1 fully saturated rings. The quantitative estimate of drug-likeness (QED) is 0.614. The molecule has 0 aromatic rings. The highest BCUT2D eigenvalue weighted by atomic mass is 16.5. The van der Waals surface area contributed by atoms with Gasteiger partial charge in [-0.3, -0.25) is 9.59 Å². The molecule has 1 rings (SSSR count). The number of hydrogen-bond donors (Lipinski definition) is 3. The van der Waals surface area contributed by atoms with E-state index in [1.165, 1.54) is 7.11 Å². The fourth-order valence-corrected chi connectivity index (χ4v) is 2.66. The zero-order chi connectivity index (χ0) is 15.1. The van der Waals surface area contributed by atoms with E-state index >= 15 is 0 Å². The third-order valence-corrected chi connectivity index (χ3v) is 3.83. The summed E-state index contributed by atoms with van der Waals surface area (Å²) in [6, 6.07) is -0.398. The van der Waals surface area contributed by atoms with E-state index in [0.29, 0.717) is 12.5 Å². The molecule has 0 radical (unpaired) electrons. The maximum absolute atomic E-state index is 12.3. The lowest BCUT2D eigenvalue weighted by Gasteiger charge is -2.26. The van der Waals surface area contributed by atoms with Crippen LogP contribution in [-0.2, 0) is 14.3 Å². The van der Waals surface area contributed by atoms with E-state index in [9.17, 15) is 9.59 Å². The number of nitrogens with two attached hydrogens (primary N) is 1. The van der Waals surface area contributed by atoms with Crippen molar-refractivity contribution in [3.8, 4) is 0 Å². The van der Waals surface area contributed by atoms with Crippen molar-refractivity contribution in [2.45, 2.75) is 45.2 Å². The molecule has 2 unspecified atom stereocenters. The molecule has 1 aliphatic carbocycles. The van der Waals surface area contributed by atoms with E-state index in [-0.39, 0.29) is 30.4 Å². The summed E-state index contributed by atoms with van der Waals surface area (Å²) in [6.07, 6.45) is 3.11. The topological polar surface area (TPSA) is 93.4 Å². The molecule has 3 atom stereocenters. The maximum atomic E-state index is 12.3. The molecule has 0 spiro atoms. The number of nitrogens with one attached hydrogen (secondary N) is 2. The number of rotatable bonds is 7. The third kappa shape index (κ3) is 4.76. The van der Waals surface area contributed by atoms with E-state index < -0.39 is 6.04 Å². The Labute approximate surface area is 120 Å². The Morgan fingerprint density at radius 1 is 1.35 bits per heavy atom. The lowest BCUT2D eigenvalue weighted by molar-refractivity contribution is -0.132. The summed E-state index contributed by atoms with van der Waals surface area (Å²) in [6.45, 7) is 4.37. The molecule has 4 N–H and O–H groups in total. The second kappa shape index (κ2) is 8.21. The molecule has 6 heteroatoms. The molecule has 2 amide bonds. The molecule has 116 valence electrons. The zero-order valence-corrected chi connectivity index (χ0v) is 12.6. The molecule has 20 heavy (non-hydrogen) atoms. The van der Waals surface area contributed by atoms with Crippen LogP contribution >= 0.6 is 0 Å². The number of carbonyl (C=O) groups is 2. The van der Waals surface area contributed by atoms with Crippen LogP contribution in [0.3, 0.4) is 0 Å². The Balaban J connectivity index is 2.57. The fourth-order valence-electron chi connectivity index (χ4n) is 2.66. The van der Waals surface area contributed by atoms with Crippen molar-refractivity contribution in [1.82, 2.24) is 10.6 Å². The predicted molar refractivity (Wildman–Crippen MR) is 77.0 cm³/mol. The Kier molecular flexibility index (Phi) is 6.95. The van der Waals surface area contributed by atoms with Crippen LogP contribution in [0.1, 0.15) is 33.1 Å². The molecule has 0 aromatic heterocycles. The second-order valence-corrected chi connectivity index (χ2v) is 5.76. The van der Waals surface area contributed by atoms with Crippen LogP contribution in [0.2, 0.25) is 0 Å². The van der Waals surface area contributed by atoms with Gasteiger partial charge in [0.25, 0.3) is 0 Å². The molecule has 0 aliphatic heterocycles. The van der Waals surface area contributed by atoms with E-state index in [4.69, 9.17) is 10.5 Å². The summed E-state index contributed by atoms with van der Waals surface area (Å²) in [5.74, 6) is -0.0343. The van der Waals surface area contributed by atoms with Crippen molar-refractivity contribution in [1.29, 1.82) is 0 Å². The summed E-state index contributed by atoms with van der Waals surface area (Å²) in [5.41, 5.74) is 5.72. The fraction of sp³-hybridized carbons (Fsp3) is 0.857. The third-order valence-electron chi connectivity index (χ3n) is 3.83. The van der Waals surface area contributed by atoms with Crippen LogP contribution in [0.25, 0.3) is 0 Å². The first kappa shape index (κ1) is 16.9. The van der Waals surface area contributed by atoms with Crippen LogP contribution in [0, 0.1) is 11.8 Å². The molecule has 0 saturated heterocycles. The van der Waals surface area contributed by atoms with Gasteiger partial charge in [0.15, 0.2) is 0 Å². The van der Waals surface area contributed by atoms with Gasteiger partial charge < -0.3 is 21.1 Å². The van der Waals surface area contributed by atoms with Gasteiger partial charge in [-0.15, -0.1) is 0 Å². The summed E-state index contributed by atoms with van der Waals surface area (Å²) >= 11 is 0. The number of hydrogen-bond acceptors (Lipinski definition) is 4. The minimum atomic E-state index is -0.531. The van der Waals surface area contributed by atoms with Gasteiger partial charge in [0.05, 0.1) is 0 Å². The van der Waals surface area contributed by atoms with E-state index in [0.717, 1.165) is 19.3 Å². The lowest BCUT2D eigenvalue weighted by atomic mass is 10.0. The molecular formula is C14H27N3O3. The highest BCUT2D eigenvalue weighted by Gasteiger charge is 2.31. The van der Waals surface area contributed by atoms with Crippen molar-refractivity contribution < 1.29 is 14.3 Å². The molecular weight excluding hydrogens is 258 g/mol. The van der Waals surface area contributed by atoms with Crippen LogP contribution < -0.4 is 16.4 Å². The highest BCUT2D eigenvalue weighted by Crippen LogP contribution is 2.24. The molecule has 6 nitrogen and oxygen atoms in total. The van der Waals surface area contributed by atoms with Crippen molar-refractivity contribution in [2.75, 3.05) is 20.3 Å². The average molecular weight is 285 g/mol. The van der Waals surface area contributed by atoms with E-state index in [2.05, 4.69) is 10.6 Å². The smallest absolute Gasteiger partial charge is 0.246 e. The van der Waals surface area contributed by atoms with Crippen molar-refractivity contribution in [3.05, 3.63) is 0 Å². The number of carbonyl (C=O) groups excluding carboxylic acids is 2. The van der Waals surface area contributed by atoms with Gasteiger partial charge in [-0.2, -0.15) is 0 Å².